The molecule has 2 rings (SSSR count). The standard InChI is InChI=1S/C22H37N3O4SSi/c1-9-28-21(27)18-12-19(26)17-13-23-22(30-8)24-20(17)25(18)10-11-29-31(14(2)3,15(4)5)16(6)7/h13-16,18H,9-12H2,1-8H3. The number of ketones is 1. The first kappa shape index (κ1) is 25.8. The molecule has 7 nitrogen and oxygen atoms in total. The molecule has 2 heterocycles. The van der Waals surface area contributed by atoms with Crippen molar-refractivity contribution in [2.45, 2.75) is 82.7 Å². The summed E-state index contributed by atoms with van der Waals surface area (Å²) in [5.74, 6) is -0.0257. The third-order valence-corrected chi connectivity index (χ3v) is 12.9. The van der Waals surface area contributed by atoms with E-state index in [9.17, 15) is 9.59 Å². The highest BCUT2D eigenvalue weighted by Gasteiger charge is 2.45. The number of fused-ring (bicyclic) bond motifs is 1. The van der Waals surface area contributed by atoms with Gasteiger partial charge in [0.15, 0.2) is 19.3 Å². The number of hydrogen-bond donors (Lipinski definition) is 0. The Bertz CT molecular complexity index is 766. The molecule has 0 spiro atoms. The van der Waals surface area contributed by atoms with Gasteiger partial charge in [0.1, 0.15) is 11.9 Å². The van der Waals surface area contributed by atoms with Gasteiger partial charge in [-0.1, -0.05) is 53.3 Å². The summed E-state index contributed by atoms with van der Waals surface area (Å²) >= 11 is 1.40. The smallest absolute Gasteiger partial charge is 0.329 e. The van der Waals surface area contributed by atoms with Gasteiger partial charge in [-0.3, -0.25) is 4.79 Å². The lowest BCUT2D eigenvalue weighted by Crippen LogP contribution is -2.52. The number of thioether (sulfide) groups is 1. The molecule has 174 valence electrons. The van der Waals surface area contributed by atoms with Crippen molar-refractivity contribution in [1.82, 2.24) is 9.97 Å². The minimum atomic E-state index is -2.05. The number of aromatic nitrogens is 2. The van der Waals surface area contributed by atoms with Crippen LogP contribution in [0.4, 0.5) is 5.82 Å². The SMILES string of the molecule is CCOC(=O)C1CC(=O)c2cnc(SC)nc2N1CCO[Si](C(C)C)(C(C)C)C(C)C. The summed E-state index contributed by atoms with van der Waals surface area (Å²) in [7, 11) is -2.05. The zero-order valence-electron chi connectivity index (χ0n) is 20.1. The van der Waals surface area contributed by atoms with Crippen molar-refractivity contribution < 1.29 is 18.8 Å². The summed E-state index contributed by atoms with van der Waals surface area (Å²) in [5.41, 5.74) is 1.86. The van der Waals surface area contributed by atoms with Crippen molar-refractivity contribution in [1.29, 1.82) is 0 Å². The second-order valence-electron chi connectivity index (χ2n) is 8.85. The van der Waals surface area contributed by atoms with E-state index < -0.39 is 20.3 Å². The molecule has 1 aliphatic heterocycles. The molecule has 1 unspecified atom stereocenters. The molecule has 1 aromatic rings. The molecule has 0 aliphatic carbocycles. The second kappa shape index (κ2) is 10.9. The van der Waals surface area contributed by atoms with E-state index in [1.54, 1.807) is 13.1 Å². The van der Waals surface area contributed by atoms with Gasteiger partial charge in [-0.15, -0.1) is 0 Å². The summed E-state index contributed by atoms with van der Waals surface area (Å²) in [5, 5.41) is 0.567. The van der Waals surface area contributed by atoms with E-state index in [2.05, 4.69) is 51.5 Å². The van der Waals surface area contributed by atoms with Crippen LogP contribution >= 0.6 is 11.8 Å². The molecular formula is C22H37N3O4SSi. The maximum atomic E-state index is 12.7. The quantitative estimate of drug-likeness (QED) is 0.212. The van der Waals surface area contributed by atoms with Gasteiger partial charge in [-0.05, 0) is 29.8 Å². The molecule has 0 radical (unpaired) electrons. The van der Waals surface area contributed by atoms with Crippen LogP contribution in [0.1, 0.15) is 65.2 Å². The fraction of sp³-hybridized carbons (Fsp3) is 0.727. The van der Waals surface area contributed by atoms with Crippen LogP contribution < -0.4 is 4.90 Å². The third-order valence-electron chi connectivity index (χ3n) is 6.21. The number of carbonyl (C=O) groups excluding carboxylic acids is 2. The normalized spacial score (nSPS) is 16.9. The highest BCUT2D eigenvalue weighted by Crippen LogP contribution is 2.42. The number of Topliss-reactive ketones (excluding diaryl/α,β-unsaturated/α-hetero) is 1. The van der Waals surface area contributed by atoms with Gasteiger partial charge in [0.25, 0.3) is 0 Å². The van der Waals surface area contributed by atoms with Crippen molar-refractivity contribution in [3.05, 3.63) is 11.8 Å². The van der Waals surface area contributed by atoms with Crippen LogP contribution in [0.2, 0.25) is 16.6 Å². The molecule has 0 N–H and O–H groups in total. The molecule has 0 bridgehead atoms. The fourth-order valence-corrected chi connectivity index (χ4v) is 10.7. The first-order chi connectivity index (χ1) is 14.6. The lowest BCUT2D eigenvalue weighted by molar-refractivity contribution is -0.144. The molecular weight excluding hydrogens is 430 g/mol. The Kier molecular flexibility index (Phi) is 9.09. The number of esters is 1. The van der Waals surface area contributed by atoms with Gasteiger partial charge in [0.2, 0.25) is 0 Å². The molecule has 1 aromatic heterocycles. The first-order valence-electron chi connectivity index (χ1n) is 11.1. The molecule has 31 heavy (non-hydrogen) atoms. The van der Waals surface area contributed by atoms with Crippen molar-refractivity contribution in [2.24, 2.45) is 0 Å². The van der Waals surface area contributed by atoms with Crippen LogP contribution in [0.15, 0.2) is 11.4 Å². The summed E-state index contributed by atoms with van der Waals surface area (Å²) in [6.07, 6.45) is 3.52. The largest absolute Gasteiger partial charge is 0.464 e. The fourth-order valence-electron chi connectivity index (χ4n) is 4.95. The molecule has 0 fully saturated rings. The second-order valence-corrected chi connectivity index (χ2v) is 15.1. The van der Waals surface area contributed by atoms with Crippen LogP contribution in [-0.4, -0.2) is 62.1 Å². The van der Waals surface area contributed by atoms with E-state index in [0.717, 1.165) is 0 Å². The number of carbonyl (C=O) groups is 2. The van der Waals surface area contributed by atoms with Gasteiger partial charge in [0, 0.05) is 19.2 Å². The minimum absolute atomic E-state index is 0.0644. The van der Waals surface area contributed by atoms with E-state index in [-0.39, 0.29) is 18.8 Å². The maximum Gasteiger partial charge on any atom is 0.329 e. The predicted molar refractivity (Wildman–Crippen MR) is 128 cm³/mol. The Morgan fingerprint density at radius 1 is 1.23 bits per heavy atom. The summed E-state index contributed by atoms with van der Waals surface area (Å²) in [6, 6.07) is -0.693. The maximum absolute atomic E-state index is 12.7. The lowest BCUT2D eigenvalue weighted by atomic mass is 9.98. The van der Waals surface area contributed by atoms with Crippen molar-refractivity contribution in [3.8, 4) is 0 Å². The van der Waals surface area contributed by atoms with Crippen molar-refractivity contribution >= 4 is 37.6 Å². The number of hydrogen-bond acceptors (Lipinski definition) is 8. The van der Waals surface area contributed by atoms with Gasteiger partial charge in [-0.25, -0.2) is 14.8 Å². The highest BCUT2D eigenvalue weighted by atomic mass is 32.2. The zero-order valence-corrected chi connectivity index (χ0v) is 21.9. The summed E-state index contributed by atoms with van der Waals surface area (Å²) in [6.45, 7) is 16.5. The average molecular weight is 468 g/mol. The van der Waals surface area contributed by atoms with Crippen LogP contribution in [0, 0.1) is 0 Å². The summed E-state index contributed by atoms with van der Waals surface area (Å²) < 4.78 is 12.0. The van der Waals surface area contributed by atoms with Crippen LogP contribution in [0.25, 0.3) is 0 Å². The van der Waals surface area contributed by atoms with Gasteiger partial charge < -0.3 is 14.1 Å². The Hall–Kier alpha value is -1.45. The van der Waals surface area contributed by atoms with E-state index in [1.165, 1.54) is 11.8 Å². The number of anilines is 1. The van der Waals surface area contributed by atoms with Crippen LogP contribution in [0.5, 0.6) is 0 Å². The first-order valence-corrected chi connectivity index (χ1v) is 14.5. The number of nitrogens with zero attached hydrogens (tertiary/aromatic N) is 3. The van der Waals surface area contributed by atoms with Gasteiger partial charge in [-0.2, -0.15) is 0 Å². The Balaban J connectivity index is 2.36. The molecule has 0 saturated heterocycles. The summed E-state index contributed by atoms with van der Waals surface area (Å²) in [4.78, 5) is 36.1. The van der Waals surface area contributed by atoms with E-state index in [1.807, 2.05) is 11.2 Å². The van der Waals surface area contributed by atoms with E-state index in [0.29, 0.717) is 46.3 Å². The molecule has 0 saturated carbocycles. The monoisotopic (exact) mass is 467 g/mol. The Morgan fingerprint density at radius 2 is 1.84 bits per heavy atom. The highest BCUT2D eigenvalue weighted by molar-refractivity contribution is 7.98. The Morgan fingerprint density at radius 3 is 2.35 bits per heavy atom. The molecule has 1 atom stereocenters. The molecule has 1 aliphatic rings. The number of ether oxygens (including phenoxy) is 1. The number of rotatable bonds is 10. The zero-order chi connectivity index (χ0) is 23.3. The van der Waals surface area contributed by atoms with Gasteiger partial charge >= 0.3 is 5.97 Å². The molecule has 0 aromatic carbocycles. The predicted octanol–water partition coefficient (Wildman–Crippen LogP) is 4.72. The molecule has 0 amide bonds. The van der Waals surface area contributed by atoms with Crippen LogP contribution in [-0.2, 0) is 14.0 Å². The average Bonchev–Trinajstić information content (AvgIpc) is 2.71. The van der Waals surface area contributed by atoms with Crippen molar-refractivity contribution in [2.75, 3.05) is 30.9 Å². The minimum Gasteiger partial charge on any atom is -0.464 e. The van der Waals surface area contributed by atoms with Crippen LogP contribution in [0.3, 0.4) is 0 Å². The van der Waals surface area contributed by atoms with E-state index in [4.69, 9.17) is 9.16 Å². The van der Waals surface area contributed by atoms with E-state index >= 15 is 0 Å². The van der Waals surface area contributed by atoms with Gasteiger partial charge in [0.05, 0.1) is 18.8 Å². The lowest BCUT2D eigenvalue weighted by Gasteiger charge is -2.43. The van der Waals surface area contributed by atoms with Crippen molar-refractivity contribution in [3.63, 3.8) is 0 Å². The third kappa shape index (κ3) is 5.31. The Labute approximate surface area is 191 Å². The molecule has 9 heteroatoms. The topological polar surface area (TPSA) is 81.6 Å².